The Morgan fingerprint density at radius 2 is 1.97 bits per heavy atom. The fourth-order valence-electron chi connectivity index (χ4n) is 3.84. The van der Waals surface area contributed by atoms with Crippen molar-refractivity contribution in [2.75, 3.05) is 12.9 Å². The van der Waals surface area contributed by atoms with Gasteiger partial charge < -0.3 is 24.5 Å². The first kappa shape index (κ1) is 23.8. The Labute approximate surface area is 192 Å². The van der Waals surface area contributed by atoms with E-state index in [9.17, 15) is 9.59 Å². The summed E-state index contributed by atoms with van der Waals surface area (Å²) < 4.78 is 10.9. The van der Waals surface area contributed by atoms with Crippen LogP contribution in [0.1, 0.15) is 50.5 Å². The number of carbonyl (C=O) groups excluding carboxylic acids is 2. The largest absolute Gasteiger partial charge is 0.444 e. The Bertz CT molecular complexity index is 927. The van der Waals surface area contributed by atoms with Gasteiger partial charge in [0.05, 0.1) is 12.6 Å². The number of fused-ring (bicyclic) bond motifs is 1. The van der Waals surface area contributed by atoms with Crippen LogP contribution in [0.15, 0.2) is 24.3 Å². The smallest absolute Gasteiger partial charge is 0.407 e. The molecule has 0 aliphatic heterocycles. The SMILES string of the molecule is CSOC[C@H]1CC[C@H](NC(=O)c2cc3cc(Cl)ccc3[nH]2)[C@H](NC(=O)OC(C)(C)C)C1. The molecule has 0 bridgehead atoms. The monoisotopic (exact) mass is 467 g/mol. The molecule has 170 valence electrons. The molecule has 2 aromatic rings. The highest BCUT2D eigenvalue weighted by Crippen LogP contribution is 2.27. The molecule has 1 aromatic carbocycles. The highest BCUT2D eigenvalue weighted by molar-refractivity contribution is 7.93. The molecule has 3 rings (SSSR count). The van der Waals surface area contributed by atoms with Crippen LogP contribution < -0.4 is 10.6 Å². The van der Waals surface area contributed by atoms with Crippen LogP contribution in [0.3, 0.4) is 0 Å². The van der Waals surface area contributed by atoms with Crippen LogP contribution in [0.5, 0.6) is 0 Å². The first-order valence-corrected chi connectivity index (χ1v) is 11.9. The van der Waals surface area contributed by atoms with Crippen LogP contribution in [-0.2, 0) is 8.92 Å². The van der Waals surface area contributed by atoms with Gasteiger partial charge in [-0.25, -0.2) is 4.79 Å². The predicted octanol–water partition coefficient (Wildman–Crippen LogP) is 4.91. The van der Waals surface area contributed by atoms with Crippen LogP contribution in [0, 0.1) is 5.92 Å². The van der Waals surface area contributed by atoms with E-state index < -0.39 is 11.7 Å². The maximum atomic E-state index is 12.9. The molecule has 0 unspecified atom stereocenters. The summed E-state index contributed by atoms with van der Waals surface area (Å²) in [4.78, 5) is 28.5. The summed E-state index contributed by atoms with van der Waals surface area (Å²) in [5, 5.41) is 7.53. The molecule has 3 N–H and O–H groups in total. The molecular weight excluding hydrogens is 438 g/mol. The number of carbonyl (C=O) groups is 2. The average Bonchev–Trinajstić information content (AvgIpc) is 3.09. The number of rotatable bonds is 6. The summed E-state index contributed by atoms with van der Waals surface area (Å²) in [6.07, 6.45) is 3.74. The van der Waals surface area contributed by atoms with Gasteiger partial charge in [-0.15, -0.1) is 0 Å². The molecule has 31 heavy (non-hydrogen) atoms. The van der Waals surface area contributed by atoms with Crippen molar-refractivity contribution in [1.29, 1.82) is 0 Å². The second-order valence-corrected chi connectivity index (χ2v) is 9.88. The lowest BCUT2D eigenvalue weighted by atomic mass is 9.82. The maximum absolute atomic E-state index is 12.9. The molecule has 9 heteroatoms. The third-order valence-corrected chi connectivity index (χ3v) is 5.83. The molecule has 7 nitrogen and oxygen atoms in total. The predicted molar refractivity (Wildman–Crippen MR) is 125 cm³/mol. The van der Waals surface area contributed by atoms with Crippen LogP contribution in [0.25, 0.3) is 10.9 Å². The van der Waals surface area contributed by atoms with Crippen LogP contribution in [-0.4, -0.2) is 47.5 Å². The highest BCUT2D eigenvalue weighted by atomic mass is 35.5. The summed E-state index contributed by atoms with van der Waals surface area (Å²) in [5.74, 6) is 0.0860. The molecule has 2 amide bonds. The zero-order valence-electron chi connectivity index (χ0n) is 18.3. The zero-order valence-corrected chi connectivity index (χ0v) is 19.9. The van der Waals surface area contributed by atoms with E-state index in [1.807, 2.05) is 39.2 Å². The molecule has 1 heterocycles. The van der Waals surface area contributed by atoms with E-state index >= 15 is 0 Å². The van der Waals surface area contributed by atoms with E-state index in [1.165, 1.54) is 12.0 Å². The molecule has 1 saturated carbocycles. The van der Waals surface area contributed by atoms with Crippen molar-refractivity contribution in [3.8, 4) is 0 Å². The lowest BCUT2D eigenvalue weighted by molar-refractivity contribution is 0.0453. The summed E-state index contributed by atoms with van der Waals surface area (Å²) in [5.41, 5.74) is 0.710. The first-order chi connectivity index (χ1) is 14.6. The molecule has 3 atom stereocenters. The minimum Gasteiger partial charge on any atom is -0.444 e. The Kier molecular flexibility index (Phi) is 7.78. The number of ether oxygens (including phenoxy) is 1. The number of hydrogen-bond donors (Lipinski definition) is 3. The summed E-state index contributed by atoms with van der Waals surface area (Å²) in [7, 11) is 0. The second-order valence-electron chi connectivity index (χ2n) is 8.88. The first-order valence-electron chi connectivity index (χ1n) is 10.4. The Morgan fingerprint density at radius 3 is 2.68 bits per heavy atom. The van der Waals surface area contributed by atoms with E-state index in [0.717, 1.165) is 23.7 Å². The quantitative estimate of drug-likeness (QED) is 0.525. The van der Waals surface area contributed by atoms with Crippen molar-refractivity contribution in [2.45, 2.75) is 57.7 Å². The molecule has 1 aromatic heterocycles. The van der Waals surface area contributed by atoms with Gasteiger partial charge in [0.2, 0.25) is 0 Å². The van der Waals surface area contributed by atoms with Gasteiger partial charge in [-0.2, -0.15) is 0 Å². The van der Waals surface area contributed by atoms with Crippen molar-refractivity contribution >= 4 is 46.5 Å². The molecule has 0 radical (unpaired) electrons. The van der Waals surface area contributed by atoms with Crippen molar-refractivity contribution in [2.24, 2.45) is 5.92 Å². The molecule has 1 fully saturated rings. The maximum Gasteiger partial charge on any atom is 0.407 e. The number of hydrogen-bond acceptors (Lipinski definition) is 5. The summed E-state index contributed by atoms with van der Waals surface area (Å²) >= 11 is 7.38. The van der Waals surface area contributed by atoms with Crippen LogP contribution in [0.4, 0.5) is 4.79 Å². The standard InChI is InChI=1S/C22H30ClN3O4S/c1-22(2,3)30-21(28)26-18-9-13(12-29-31-4)5-7-17(18)25-20(27)19-11-14-10-15(23)6-8-16(14)24-19/h6,8,10-11,13,17-18,24H,5,7,9,12H2,1-4H3,(H,25,27)(H,26,28)/t13-,17-,18+/m0/s1. The van der Waals surface area contributed by atoms with E-state index in [0.29, 0.717) is 29.7 Å². The molecule has 1 aliphatic carbocycles. The van der Waals surface area contributed by atoms with E-state index in [1.54, 1.807) is 12.1 Å². The fourth-order valence-corrected chi connectivity index (χ4v) is 4.35. The highest BCUT2D eigenvalue weighted by Gasteiger charge is 2.34. The van der Waals surface area contributed by atoms with E-state index in [2.05, 4.69) is 15.6 Å². The van der Waals surface area contributed by atoms with Crippen molar-refractivity contribution in [1.82, 2.24) is 15.6 Å². The molecule has 1 aliphatic rings. The van der Waals surface area contributed by atoms with Gasteiger partial charge in [0.25, 0.3) is 5.91 Å². The third kappa shape index (κ3) is 6.79. The Morgan fingerprint density at radius 1 is 1.19 bits per heavy atom. The third-order valence-electron chi connectivity index (χ3n) is 5.23. The average molecular weight is 468 g/mol. The number of H-pyrrole nitrogens is 1. The van der Waals surface area contributed by atoms with Crippen LogP contribution >= 0.6 is 23.6 Å². The van der Waals surface area contributed by atoms with Crippen molar-refractivity contribution in [3.63, 3.8) is 0 Å². The van der Waals surface area contributed by atoms with E-state index in [4.69, 9.17) is 20.5 Å². The zero-order chi connectivity index (χ0) is 22.6. The number of halogens is 1. The lowest BCUT2D eigenvalue weighted by Gasteiger charge is -2.37. The van der Waals surface area contributed by atoms with Crippen LogP contribution in [0.2, 0.25) is 5.02 Å². The summed E-state index contributed by atoms with van der Waals surface area (Å²) in [6.45, 7) is 6.08. The van der Waals surface area contributed by atoms with Gasteiger partial charge in [0, 0.05) is 28.2 Å². The van der Waals surface area contributed by atoms with Crippen molar-refractivity contribution in [3.05, 3.63) is 35.0 Å². The van der Waals surface area contributed by atoms with E-state index in [-0.39, 0.29) is 18.0 Å². The number of nitrogens with one attached hydrogen (secondary N) is 3. The van der Waals surface area contributed by atoms with Gasteiger partial charge >= 0.3 is 6.09 Å². The Balaban J connectivity index is 1.70. The number of amides is 2. The van der Waals surface area contributed by atoms with Gasteiger partial charge in [-0.1, -0.05) is 11.6 Å². The number of aromatic nitrogens is 1. The van der Waals surface area contributed by atoms with Gasteiger partial charge in [-0.3, -0.25) is 4.79 Å². The normalized spacial score (nSPS) is 21.6. The fraction of sp³-hybridized carbons (Fsp3) is 0.545. The number of aromatic amines is 1. The molecule has 0 saturated heterocycles. The minimum atomic E-state index is -0.593. The minimum absolute atomic E-state index is 0.208. The van der Waals surface area contributed by atoms with Gasteiger partial charge in [-0.05, 0) is 82.3 Å². The number of benzene rings is 1. The second kappa shape index (κ2) is 10.1. The van der Waals surface area contributed by atoms with Crippen molar-refractivity contribution < 1.29 is 18.5 Å². The molecule has 0 spiro atoms. The topological polar surface area (TPSA) is 92.5 Å². The summed E-state index contributed by atoms with van der Waals surface area (Å²) in [6, 6.07) is 6.76. The lowest BCUT2D eigenvalue weighted by Crippen LogP contribution is -2.55. The molecular formula is C22H30ClN3O4S. The van der Waals surface area contributed by atoms with Gasteiger partial charge in [0.1, 0.15) is 11.3 Å². The van der Waals surface area contributed by atoms with Gasteiger partial charge in [0.15, 0.2) is 0 Å². The Hall–Kier alpha value is -1.90. The number of alkyl carbamates (subject to hydrolysis) is 1.